The SMILES string of the molecule is Cc1ccc(C)c([C@H]2CN(CCCc3nnc(C)o3)[C@H](C)CO2)c1. The molecule has 5 heteroatoms. The van der Waals surface area contributed by atoms with Crippen molar-refractivity contribution in [2.75, 3.05) is 19.7 Å². The third-order valence-corrected chi connectivity index (χ3v) is 4.75. The fourth-order valence-corrected chi connectivity index (χ4v) is 3.28. The van der Waals surface area contributed by atoms with Gasteiger partial charge in [0.1, 0.15) is 0 Å². The van der Waals surface area contributed by atoms with E-state index < -0.39 is 0 Å². The molecule has 2 atom stereocenters. The number of benzene rings is 1. The average molecular weight is 329 g/mol. The van der Waals surface area contributed by atoms with Crippen LogP contribution in [0.3, 0.4) is 0 Å². The molecule has 1 fully saturated rings. The van der Waals surface area contributed by atoms with Gasteiger partial charge in [0.15, 0.2) is 0 Å². The highest BCUT2D eigenvalue weighted by Crippen LogP contribution is 2.28. The molecule has 0 bridgehead atoms. The normalized spacial score (nSPS) is 22.0. The molecule has 0 N–H and O–H groups in total. The summed E-state index contributed by atoms with van der Waals surface area (Å²) in [6, 6.07) is 7.05. The summed E-state index contributed by atoms with van der Waals surface area (Å²) in [7, 11) is 0. The molecule has 5 nitrogen and oxygen atoms in total. The summed E-state index contributed by atoms with van der Waals surface area (Å²) in [5.74, 6) is 1.37. The number of hydrogen-bond acceptors (Lipinski definition) is 5. The number of rotatable bonds is 5. The molecule has 0 aliphatic carbocycles. The van der Waals surface area contributed by atoms with Gasteiger partial charge in [-0.3, -0.25) is 4.90 Å². The summed E-state index contributed by atoms with van der Waals surface area (Å²) in [5, 5.41) is 7.96. The van der Waals surface area contributed by atoms with Crippen molar-refractivity contribution in [3.05, 3.63) is 46.7 Å². The molecule has 0 amide bonds. The highest BCUT2D eigenvalue weighted by atomic mass is 16.5. The summed E-state index contributed by atoms with van der Waals surface area (Å²) in [6.45, 7) is 11.1. The highest BCUT2D eigenvalue weighted by molar-refractivity contribution is 5.32. The molecular weight excluding hydrogens is 302 g/mol. The summed E-state index contributed by atoms with van der Waals surface area (Å²) in [5.41, 5.74) is 3.91. The van der Waals surface area contributed by atoms with Gasteiger partial charge in [-0.1, -0.05) is 23.8 Å². The number of aryl methyl sites for hydroxylation is 4. The van der Waals surface area contributed by atoms with Crippen molar-refractivity contribution in [1.29, 1.82) is 0 Å². The van der Waals surface area contributed by atoms with Crippen LogP contribution in [0.2, 0.25) is 0 Å². The van der Waals surface area contributed by atoms with Crippen molar-refractivity contribution in [2.24, 2.45) is 0 Å². The van der Waals surface area contributed by atoms with Crippen LogP contribution in [0.25, 0.3) is 0 Å². The van der Waals surface area contributed by atoms with Gasteiger partial charge in [0.05, 0.1) is 12.7 Å². The van der Waals surface area contributed by atoms with E-state index in [1.807, 2.05) is 6.92 Å². The molecule has 1 saturated heterocycles. The van der Waals surface area contributed by atoms with Gasteiger partial charge in [-0.15, -0.1) is 10.2 Å². The Kier molecular flexibility index (Phi) is 5.31. The molecular formula is C19H27N3O2. The van der Waals surface area contributed by atoms with Crippen molar-refractivity contribution in [3.63, 3.8) is 0 Å². The molecule has 1 aromatic heterocycles. The minimum absolute atomic E-state index is 0.159. The van der Waals surface area contributed by atoms with Gasteiger partial charge in [-0.2, -0.15) is 0 Å². The van der Waals surface area contributed by atoms with E-state index >= 15 is 0 Å². The van der Waals surface area contributed by atoms with Crippen LogP contribution in [0.1, 0.15) is 47.9 Å². The van der Waals surface area contributed by atoms with Gasteiger partial charge in [0, 0.05) is 25.9 Å². The maximum atomic E-state index is 6.13. The molecule has 0 saturated carbocycles. The topological polar surface area (TPSA) is 51.4 Å². The lowest BCUT2D eigenvalue weighted by Gasteiger charge is -2.38. The van der Waals surface area contributed by atoms with Crippen LogP contribution >= 0.6 is 0 Å². The number of aromatic nitrogens is 2. The summed E-state index contributed by atoms with van der Waals surface area (Å²) < 4.78 is 11.6. The molecule has 2 heterocycles. The van der Waals surface area contributed by atoms with Crippen LogP contribution in [-0.2, 0) is 11.2 Å². The second-order valence-corrected chi connectivity index (χ2v) is 6.84. The van der Waals surface area contributed by atoms with Crippen molar-refractivity contribution in [1.82, 2.24) is 15.1 Å². The van der Waals surface area contributed by atoms with Gasteiger partial charge in [-0.05, 0) is 44.9 Å². The fraction of sp³-hybridized carbons (Fsp3) is 0.579. The molecule has 0 spiro atoms. The van der Waals surface area contributed by atoms with Crippen LogP contribution in [0, 0.1) is 20.8 Å². The Morgan fingerprint density at radius 1 is 1.21 bits per heavy atom. The molecule has 1 aliphatic heterocycles. The summed E-state index contributed by atoms with van der Waals surface area (Å²) in [4.78, 5) is 2.51. The van der Waals surface area contributed by atoms with E-state index in [1.54, 1.807) is 0 Å². The quantitative estimate of drug-likeness (QED) is 0.841. The third-order valence-electron chi connectivity index (χ3n) is 4.75. The average Bonchev–Trinajstić information content (AvgIpc) is 2.97. The molecule has 0 radical (unpaired) electrons. The van der Waals surface area contributed by atoms with Gasteiger partial charge < -0.3 is 9.15 Å². The molecule has 1 aromatic carbocycles. The van der Waals surface area contributed by atoms with E-state index in [0.29, 0.717) is 11.9 Å². The number of morpholine rings is 1. The van der Waals surface area contributed by atoms with Crippen LogP contribution in [0.4, 0.5) is 0 Å². The Morgan fingerprint density at radius 2 is 2.04 bits per heavy atom. The number of hydrogen-bond donors (Lipinski definition) is 0. The van der Waals surface area contributed by atoms with Gasteiger partial charge in [-0.25, -0.2) is 0 Å². The predicted molar refractivity (Wildman–Crippen MR) is 93.0 cm³/mol. The Labute approximate surface area is 144 Å². The van der Waals surface area contributed by atoms with Crippen molar-refractivity contribution in [3.8, 4) is 0 Å². The maximum Gasteiger partial charge on any atom is 0.216 e. The van der Waals surface area contributed by atoms with E-state index in [2.05, 4.69) is 54.1 Å². The third kappa shape index (κ3) is 4.02. The Balaban J connectivity index is 1.59. The number of ether oxygens (including phenoxy) is 1. The van der Waals surface area contributed by atoms with Crippen LogP contribution < -0.4 is 0 Å². The van der Waals surface area contributed by atoms with Crippen molar-refractivity contribution < 1.29 is 9.15 Å². The monoisotopic (exact) mass is 329 g/mol. The van der Waals surface area contributed by atoms with Crippen LogP contribution in [0.5, 0.6) is 0 Å². The minimum Gasteiger partial charge on any atom is -0.426 e. The van der Waals surface area contributed by atoms with Crippen molar-refractivity contribution >= 4 is 0 Å². The van der Waals surface area contributed by atoms with E-state index in [4.69, 9.17) is 9.15 Å². The standard InChI is InChI=1S/C19H27N3O2/c1-13-7-8-14(2)17(10-13)18-11-22(15(3)12-23-18)9-5-6-19-21-20-16(4)24-19/h7-8,10,15,18H,5-6,9,11-12H2,1-4H3/t15-,18-/m1/s1. The van der Waals surface area contributed by atoms with Gasteiger partial charge >= 0.3 is 0 Å². The minimum atomic E-state index is 0.159. The first-order chi connectivity index (χ1) is 11.5. The van der Waals surface area contributed by atoms with E-state index in [0.717, 1.165) is 38.4 Å². The molecule has 130 valence electrons. The molecule has 0 unspecified atom stereocenters. The molecule has 24 heavy (non-hydrogen) atoms. The molecule has 1 aliphatic rings. The summed E-state index contributed by atoms with van der Waals surface area (Å²) >= 11 is 0. The zero-order valence-corrected chi connectivity index (χ0v) is 15.1. The first kappa shape index (κ1) is 17.1. The first-order valence-electron chi connectivity index (χ1n) is 8.74. The predicted octanol–water partition coefficient (Wildman–Crippen LogP) is 3.39. The zero-order chi connectivity index (χ0) is 17.1. The van der Waals surface area contributed by atoms with Crippen molar-refractivity contribution in [2.45, 2.75) is 52.7 Å². The Bertz CT molecular complexity index is 683. The van der Waals surface area contributed by atoms with E-state index in [9.17, 15) is 0 Å². The highest BCUT2D eigenvalue weighted by Gasteiger charge is 2.27. The lowest BCUT2D eigenvalue weighted by atomic mass is 9.98. The smallest absolute Gasteiger partial charge is 0.216 e. The molecule has 3 rings (SSSR count). The maximum absolute atomic E-state index is 6.13. The second kappa shape index (κ2) is 7.45. The Morgan fingerprint density at radius 3 is 2.79 bits per heavy atom. The lowest BCUT2D eigenvalue weighted by Crippen LogP contribution is -2.45. The largest absolute Gasteiger partial charge is 0.426 e. The lowest BCUT2D eigenvalue weighted by molar-refractivity contribution is -0.0605. The Hall–Kier alpha value is -1.72. The first-order valence-corrected chi connectivity index (χ1v) is 8.74. The molecule has 2 aromatic rings. The number of nitrogens with zero attached hydrogens (tertiary/aromatic N) is 3. The zero-order valence-electron chi connectivity index (χ0n) is 15.1. The van der Waals surface area contributed by atoms with E-state index in [1.165, 1.54) is 16.7 Å². The van der Waals surface area contributed by atoms with Gasteiger partial charge in [0.25, 0.3) is 0 Å². The van der Waals surface area contributed by atoms with Crippen LogP contribution in [-0.4, -0.2) is 40.8 Å². The fourth-order valence-electron chi connectivity index (χ4n) is 3.28. The second-order valence-electron chi connectivity index (χ2n) is 6.84. The van der Waals surface area contributed by atoms with E-state index in [-0.39, 0.29) is 6.10 Å². The van der Waals surface area contributed by atoms with Crippen LogP contribution in [0.15, 0.2) is 22.6 Å². The van der Waals surface area contributed by atoms with Gasteiger partial charge in [0.2, 0.25) is 11.8 Å². The summed E-state index contributed by atoms with van der Waals surface area (Å²) in [6.07, 6.45) is 2.01.